The number of hydrogen-bond donors (Lipinski definition) is 3. The van der Waals surface area contributed by atoms with E-state index in [1.54, 1.807) is 6.07 Å². The fourth-order valence-corrected chi connectivity index (χ4v) is 1.35. The number of benzene rings is 1. The van der Waals surface area contributed by atoms with Crippen LogP contribution in [0.15, 0.2) is 42.1 Å². The zero-order chi connectivity index (χ0) is 15.0. The highest BCUT2D eigenvalue weighted by atomic mass is 16.4. The number of carbonyl (C=O) groups is 2. The molecule has 104 valence electrons. The Morgan fingerprint density at radius 1 is 1.40 bits per heavy atom. The summed E-state index contributed by atoms with van der Waals surface area (Å²) < 4.78 is 0. The second kappa shape index (κ2) is 7.59. The summed E-state index contributed by atoms with van der Waals surface area (Å²) in [6, 6.07) is 10.1. The molecule has 1 rings (SSSR count). The Labute approximate surface area is 116 Å². The lowest BCUT2D eigenvalue weighted by Crippen LogP contribution is -2.39. The van der Waals surface area contributed by atoms with Crippen LogP contribution in [0.1, 0.15) is 12.5 Å². The molecular formula is C14H15N3O3. The Balaban J connectivity index is 2.57. The van der Waals surface area contributed by atoms with Gasteiger partial charge in [-0.05, 0) is 12.5 Å². The predicted octanol–water partition coefficient (Wildman–Crippen LogP) is 0.773. The minimum atomic E-state index is -1.16. The van der Waals surface area contributed by atoms with Crippen molar-refractivity contribution in [3.63, 3.8) is 0 Å². The lowest BCUT2D eigenvalue weighted by molar-refractivity contribution is -0.140. The van der Waals surface area contributed by atoms with E-state index in [0.717, 1.165) is 5.56 Å². The fraction of sp³-hybridized carbons (Fsp3) is 0.214. The van der Waals surface area contributed by atoms with Gasteiger partial charge in [-0.25, -0.2) is 0 Å². The highest BCUT2D eigenvalue weighted by molar-refractivity contribution is 5.99. The molecule has 0 saturated heterocycles. The summed E-state index contributed by atoms with van der Waals surface area (Å²) in [5.41, 5.74) is 0.828. The van der Waals surface area contributed by atoms with Gasteiger partial charge in [0.1, 0.15) is 17.7 Å². The second-order valence-electron chi connectivity index (χ2n) is 4.07. The van der Waals surface area contributed by atoms with E-state index in [-0.39, 0.29) is 5.57 Å². The number of nitriles is 1. The van der Waals surface area contributed by atoms with Crippen molar-refractivity contribution < 1.29 is 14.7 Å². The van der Waals surface area contributed by atoms with E-state index in [1.165, 1.54) is 13.1 Å². The first-order valence-corrected chi connectivity index (χ1v) is 5.96. The Morgan fingerprint density at radius 3 is 2.60 bits per heavy atom. The molecule has 0 saturated carbocycles. The van der Waals surface area contributed by atoms with E-state index in [9.17, 15) is 9.59 Å². The minimum Gasteiger partial charge on any atom is -0.480 e. The van der Waals surface area contributed by atoms with Crippen molar-refractivity contribution in [1.29, 1.82) is 5.26 Å². The molecule has 6 nitrogen and oxygen atoms in total. The van der Waals surface area contributed by atoms with E-state index in [2.05, 4.69) is 10.6 Å². The van der Waals surface area contributed by atoms with Crippen LogP contribution in [0, 0.1) is 11.3 Å². The quantitative estimate of drug-likeness (QED) is 0.525. The number of aliphatic carboxylic acids is 1. The van der Waals surface area contributed by atoms with Crippen LogP contribution < -0.4 is 10.6 Å². The summed E-state index contributed by atoms with van der Waals surface area (Å²) in [4.78, 5) is 22.2. The van der Waals surface area contributed by atoms with E-state index in [1.807, 2.05) is 30.3 Å². The first-order chi connectivity index (χ1) is 9.54. The average molecular weight is 273 g/mol. The van der Waals surface area contributed by atoms with E-state index in [4.69, 9.17) is 10.4 Å². The van der Waals surface area contributed by atoms with E-state index >= 15 is 0 Å². The van der Waals surface area contributed by atoms with Gasteiger partial charge in [0.25, 0.3) is 5.91 Å². The summed E-state index contributed by atoms with van der Waals surface area (Å²) in [6.07, 6.45) is 1.27. The molecule has 0 heterocycles. The molecular weight excluding hydrogens is 258 g/mol. The van der Waals surface area contributed by atoms with Gasteiger partial charge in [-0.2, -0.15) is 5.26 Å². The molecule has 0 radical (unpaired) electrons. The molecule has 0 bridgehead atoms. The summed E-state index contributed by atoms with van der Waals surface area (Å²) in [6.45, 7) is 1.79. The van der Waals surface area contributed by atoms with Crippen molar-refractivity contribution in [3.8, 4) is 6.07 Å². The monoisotopic (exact) mass is 273 g/mol. The number of nitrogens with one attached hydrogen (secondary N) is 2. The van der Waals surface area contributed by atoms with Crippen molar-refractivity contribution in [2.24, 2.45) is 0 Å². The molecule has 0 fully saturated rings. The predicted molar refractivity (Wildman–Crippen MR) is 72.2 cm³/mol. The number of carboxylic acids is 1. The number of carbonyl (C=O) groups excluding carboxylic acids is 1. The molecule has 20 heavy (non-hydrogen) atoms. The zero-order valence-electron chi connectivity index (χ0n) is 11.0. The second-order valence-corrected chi connectivity index (χ2v) is 4.07. The molecule has 3 N–H and O–H groups in total. The van der Waals surface area contributed by atoms with Crippen molar-refractivity contribution in [3.05, 3.63) is 47.7 Å². The molecule has 0 aromatic heterocycles. The van der Waals surface area contributed by atoms with Gasteiger partial charge in [-0.3, -0.25) is 9.59 Å². The van der Waals surface area contributed by atoms with Gasteiger partial charge in [0, 0.05) is 12.7 Å². The van der Waals surface area contributed by atoms with Gasteiger partial charge in [0.05, 0.1) is 0 Å². The molecule has 0 aliphatic heterocycles. The number of rotatable bonds is 6. The first kappa shape index (κ1) is 15.2. The lowest BCUT2D eigenvalue weighted by atomic mass is 10.2. The third kappa shape index (κ3) is 4.82. The Hall–Kier alpha value is -2.81. The topological polar surface area (TPSA) is 102 Å². The highest BCUT2D eigenvalue weighted by Crippen LogP contribution is 1.98. The Kier molecular flexibility index (Phi) is 5.78. The number of amides is 1. The first-order valence-electron chi connectivity index (χ1n) is 5.96. The van der Waals surface area contributed by atoms with Gasteiger partial charge < -0.3 is 15.7 Å². The lowest BCUT2D eigenvalue weighted by Gasteiger charge is -2.08. The molecule has 1 atom stereocenters. The fourth-order valence-electron chi connectivity index (χ4n) is 1.35. The standard InChI is InChI=1S/C14H15N3O3/c1-10(14(19)20)17-13(18)12(7-15)9-16-8-11-5-3-2-4-6-11/h2-6,9-10,16H,8H2,1H3,(H,17,18)(H,19,20)/b12-9-. The van der Waals surface area contributed by atoms with Crippen molar-refractivity contribution in [2.75, 3.05) is 0 Å². The number of carboxylic acid groups (broad SMARTS) is 1. The maximum Gasteiger partial charge on any atom is 0.325 e. The average Bonchev–Trinajstić information content (AvgIpc) is 2.44. The van der Waals surface area contributed by atoms with E-state index in [0.29, 0.717) is 6.54 Å². The van der Waals surface area contributed by atoms with Crippen LogP contribution in [-0.4, -0.2) is 23.0 Å². The molecule has 6 heteroatoms. The van der Waals surface area contributed by atoms with Crippen LogP contribution in [-0.2, 0) is 16.1 Å². The Bertz CT molecular complexity index is 547. The number of nitrogens with zero attached hydrogens (tertiary/aromatic N) is 1. The molecule has 0 aliphatic carbocycles. The Morgan fingerprint density at radius 2 is 2.05 bits per heavy atom. The van der Waals surface area contributed by atoms with Crippen molar-refractivity contribution in [2.45, 2.75) is 19.5 Å². The largest absolute Gasteiger partial charge is 0.480 e. The smallest absolute Gasteiger partial charge is 0.325 e. The third-order valence-corrected chi connectivity index (χ3v) is 2.48. The van der Waals surface area contributed by atoms with Crippen LogP contribution in [0.25, 0.3) is 0 Å². The van der Waals surface area contributed by atoms with Gasteiger partial charge in [-0.1, -0.05) is 30.3 Å². The van der Waals surface area contributed by atoms with Crippen LogP contribution in [0.3, 0.4) is 0 Å². The highest BCUT2D eigenvalue weighted by Gasteiger charge is 2.16. The molecule has 1 aromatic carbocycles. The van der Waals surface area contributed by atoms with Gasteiger partial charge in [0.15, 0.2) is 0 Å². The SMILES string of the molecule is CC(NC(=O)/C(C#N)=C\NCc1ccccc1)C(=O)O. The summed E-state index contributed by atoms with van der Waals surface area (Å²) >= 11 is 0. The van der Waals surface area contributed by atoms with Crippen LogP contribution in [0.2, 0.25) is 0 Å². The van der Waals surface area contributed by atoms with Crippen LogP contribution in [0.5, 0.6) is 0 Å². The maximum atomic E-state index is 11.6. The molecule has 1 amide bonds. The van der Waals surface area contributed by atoms with Crippen molar-refractivity contribution >= 4 is 11.9 Å². The molecule has 0 spiro atoms. The van der Waals surface area contributed by atoms with Crippen molar-refractivity contribution in [1.82, 2.24) is 10.6 Å². The van der Waals surface area contributed by atoms with Gasteiger partial charge in [0.2, 0.25) is 0 Å². The summed E-state index contributed by atoms with van der Waals surface area (Å²) in [5.74, 6) is -1.88. The van der Waals surface area contributed by atoms with Gasteiger partial charge >= 0.3 is 5.97 Å². The van der Waals surface area contributed by atoms with Gasteiger partial charge in [-0.15, -0.1) is 0 Å². The van der Waals surface area contributed by atoms with Crippen LogP contribution in [0.4, 0.5) is 0 Å². The van der Waals surface area contributed by atoms with E-state index < -0.39 is 17.9 Å². The van der Waals surface area contributed by atoms with Crippen LogP contribution >= 0.6 is 0 Å². The number of hydrogen-bond acceptors (Lipinski definition) is 4. The third-order valence-electron chi connectivity index (χ3n) is 2.48. The molecule has 0 aliphatic rings. The summed E-state index contributed by atoms with van der Waals surface area (Å²) in [5, 5.41) is 22.6. The normalized spacial score (nSPS) is 12.1. The maximum absolute atomic E-state index is 11.6. The summed E-state index contributed by atoms with van der Waals surface area (Å²) in [7, 11) is 0. The zero-order valence-corrected chi connectivity index (χ0v) is 11.0. The molecule has 1 aromatic rings. The molecule has 1 unspecified atom stereocenters. The minimum absolute atomic E-state index is 0.172.